The average molecular weight is 475 g/mol. The minimum atomic E-state index is -0.681. The quantitative estimate of drug-likeness (QED) is 0.223. The van der Waals surface area contributed by atoms with Gasteiger partial charge in [0, 0.05) is 6.54 Å². The van der Waals surface area contributed by atoms with Crippen molar-refractivity contribution in [1.29, 1.82) is 0 Å². The van der Waals surface area contributed by atoms with Gasteiger partial charge in [-0.3, -0.25) is 4.90 Å². The Morgan fingerprint density at radius 2 is 1.77 bits per heavy atom. The second kappa shape index (κ2) is 11.4. The van der Waals surface area contributed by atoms with Crippen LogP contribution >= 0.6 is 22.6 Å². The van der Waals surface area contributed by atoms with Gasteiger partial charge in [0.2, 0.25) is 0 Å². The van der Waals surface area contributed by atoms with Crippen LogP contribution in [0.3, 0.4) is 0 Å². The van der Waals surface area contributed by atoms with Crippen molar-refractivity contribution in [2.24, 2.45) is 5.41 Å². The SMILES string of the molecule is CCOC(=O)[C@@H](N(CCCCI)C(=O)OCc1ccccc1)C(C)(C)C. The maximum absolute atomic E-state index is 12.8. The third-order valence-corrected chi connectivity index (χ3v) is 4.63. The monoisotopic (exact) mass is 475 g/mol. The van der Waals surface area contributed by atoms with Gasteiger partial charge in [-0.2, -0.15) is 0 Å². The predicted octanol–water partition coefficient (Wildman–Crippen LogP) is 4.82. The van der Waals surface area contributed by atoms with Crippen molar-refractivity contribution in [3.8, 4) is 0 Å². The minimum absolute atomic E-state index is 0.183. The van der Waals surface area contributed by atoms with Crippen LogP contribution in [0.5, 0.6) is 0 Å². The Kier molecular flexibility index (Phi) is 9.98. The second-order valence-electron chi connectivity index (χ2n) is 7.15. The van der Waals surface area contributed by atoms with Gasteiger partial charge in [0.15, 0.2) is 0 Å². The Bertz CT molecular complexity index is 557. The number of esters is 1. The highest BCUT2D eigenvalue weighted by molar-refractivity contribution is 14.1. The molecule has 0 N–H and O–H groups in total. The van der Waals surface area contributed by atoms with Gasteiger partial charge in [0.1, 0.15) is 12.6 Å². The van der Waals surface area contributed by atoms with Crippen molar-refractivity contribution in [2.75, 3.05) is 17.6 Å². The first-order valence-electron chi connectivity index (χ1n) is 9.01. The first-order chi connectivity index (χ1) is 12.3. The Morgan fingerprint density at radius 3 is 2.31 bits per heavy atom. The van der Waals surface area contributed by atoms with E-state index in [1.54, 1.807) is 6.92 Å². The standard InChI is InChI=1S/C20H30INO4/c1-5-25-18(23)17(20(2,3)4)22(14-10-9-13-21)19(24)26-15-16-11-7-6-8-12-16/h6-8,11-12,17H,5,9-10,13-15H2,1-4H3/t17-/m1/s1. The first kappa shape index (κ1) is 22.7. The molecule has 1 atom stereocenters. The van der Waals surface area contributed by atoms with Crippen LogP contribution in [-0.2, 0) is 20.9 Å². The summed E-state index contributed by atoms with van der Waals surface area (Å²) in [4.78, 5) is 26.9. The fraction of sp³-hybridized carbons (Fsp3) is 0.600. The molecule has 0 bridgehead atoms. The lowest BCUT2D eigenvalue weighted by Crippen LogP contribution is -2.53. The number of carbonyl (C=O) groups excluding carboxylic acids is 2. The molecule has 0 aliphatic carbocycles. The van der Waals surface area contributed by atoms with E-state index < -0.39 is 17.6 Å². The van der Waals surface area contributed by atoms with Gasteiger partial charge < -0.3 is 9.47 Å². The van der Waals surface area contributed by atoms with Crippen LogP contribution in [-0.4, -0.2) is 40.6 Å². The van der Waals surface area contributed by atoms with Gasteiger partial charge in [-0.15, -0.1) is 0 Å². The highest BCUT2D eigenvalue weighted by Gasteiger charge is 2.40. The smallest absolute Gasteiger partial charge is 0.410 e. The summed E-state index contributed by atoms with van der Waals surface area (Å²) >= 11 is 2.31. The zero-order chi connectivity index (χ0) is 19.6. The van der Waals surface area contributed by atoms with E-state index >= 15 is 0 Å². The number of amides is 1. The van der Waals surface area contributed by atoms with E-state index in [4.69, 9.17) is 9.47 Å². The Hall–Kier alpha value is -1.31. The van der Waals surface area contributed by atoms with Crippen molar-refractivity contribution in [2.45, 2.75) is 53.2 Å². The van der Waals surface area contributed by atoms with Gasteiger partial charge in [-0.25, -0.2) is 9.59 Å². The number of benzene rings is 1. The largest absolute Gasteiger partial charge is 0.464 e. The van der Waals surface area contributed by atoms with Crippen LogP contribution in [0.2, 0.25) is 0 Å². The highest BCUT2D eigenvalue weighted by atomic mass is 127. The van der Waals surface area contributed by atoms with Crippen molar-refractivity contribution in [3.63, 3.8) is 0 Å². The molecule has 5 nitrogen and oxygen atoms in total. The topological polar surface area (TPSA) is 55.8 Å². The summed E-state index contributed by atoms with van der Waals surface area (Å²) in [5.74, 6) is -0.383. The van der Waals surface area contributed by atoms with E-state index in [2.05, 4.69) is 22.6 Å². The second-order valence-corrected chi connectivity index (χ2v) is 8.23. The van der Waals surface area contributed by atoms with Gasteiger partial charge in [0.25, 0.3) is 0 Å². The van der Waals surface area contributed by atoms with Gasteiger partial charge >= 0.3 is 12.1 Å². The van der Waals surface area contributed by atoms with E-state index in [1.165, 1.54) is 4.90 Å². The van der Waals surface area contributed by atoms with E-state index in [9.17, 15) is 9.59 Å². The molecule has 0 heterocycles. The number of carbonyl (C=O) groups is 2. The van der Waals surface area contributed by atoms with Crippen molar-refractivity contribution < 1.29 is 19.1 Å². The number of hydrogen-bond donors (Lipinski definition) is 0. The highest BCUT2D eigenvalue weighted by Crippen LogP contribution is 2.27. The Balaban J connectivity index is 2.94. The summed E-state index contributed by atoms with van der Waals surface area (Å²) in [5, 5.41) is 0. The number of rotatable bonds is 9. The summed E-state index contributed by atoms with van der Waals surface area (Å²) in [6, 6.07) is 8.84. The zero-order valence-electron chi connectivity index (χ0n) is 16.2. The lowest BCUT2D eigenvalue weighted by atomic mass is 9.85. The van der Waals surface area contributed by atoms with Gasteiger partial charge in [-0.1, -0.05) is 73.7 Å². The molecule has 0 saturated heterocycles. The molecule has 1 aromatic rings. The molecule has 1 aromatic carbocycles. The van der Waals surface area contributed by atoms with Gasteiger partial charge in [0.05, 0.1) is 6.61 Å². The number of unbranched alkanes of at least 4 members (excludes halogenated alkanes) is 1. The van der Waals surface area contributed by atoms with Crippen molar-refractivity contribution >= 4 is 34.7 Å². The molecule has 0 radical (unpaired) electrons. The van der Waals surface area contributed by atoms with Crippen molar-refractivity contribution in [1.82, 2.24) is 4.90 Å². The Labute approximate surface area is 170 Å². The van der Waals surface area contributed by atoms with Crippen LogP contribution in [0.4, 0.5) is 4.79 Å². The molecule has 6 heteroatoms. The van der Waals surface area contributed by atoms with E-state index in [0.29, 0.717) is 6.54 Å². The molecule has 0 aliphatic heterocycles. The van der Waals surface area contributed by atoms with E-state index in [-0.39, 0.29) is 19.2 Å². The predicted molar refractivity (Wildman–Crippen MR) is 111 cm³/mol. The maximum Gasteiger partial charge on any atom is 0.410 e. The van der Waals surface area contributed by atoms with Crippen LogP contribution < -0.4 is 0 Å². The first-order valence-corrected chi connectivity index (χ1v) is 10.5. The molecule has 0 unspecified atom stereocenters. The number of halogens is 1. The fourth-order valence-electron chi connectivity index (χ4n) is 2.67. The maximum atomic E-state index is 12.8. The van der Waals surface area contributed by atoms with Crippen molar-refractivity contribution in [3.05, 3.63) is 35.9 Å². The average Bonchev–Trinajstić information content (AvgIpc) is 2.59. The summed E-state index contributed by atoms with van der Waals surface area (Å²) in [7, 11) is 0. The van der Waals surface area contributed by atoms with Crippen LogP contribution in [0.1, 0.15) is 46.1 Å². The minimum Gasteiger partial charge on any atom is -0.464 e. The van der Waals surface area contributed by atoms with E-state index in [1.807, 2.05) is 51.1 Å². The molecule has 1 amide bonds. The number of alkyl halides is 1. The number of hydrogen-bond acceptors (Lipinski definition) is 4. The molecule has 0 aromatic heterocycles. The third kappa shape index (κ3) is 7.51. The normalized spacial score (nSPS) is 12.3. The number of ether oxygens (including phenoxy) is 2. The summed E-state index contributed by atoms with van der Waals surface area (Å²) in [5.41, 5.74) is 0.457. The van der Waals surface area contributed by atoms with E-state index in [0.717, 1.165) is 22.8 Å². The molecule has 146 valence electrons. The molecule has 0 aliphatic rings. The summed E-state index contributed by atoms with van der Waals surface area (Å²) in [6.45, 7) is 8.51. The molecule has 26 heavy (non-hydrogen) atoms. The molecular weight excluding hydrogens is 445 g/mol. The lowest BCUT2D eigenvalue weighted by molar-refractivity contribution is -0.153. The van der Waals surface area contributed by atoms with Crippen LogP contribution in [0.25, 0.3) is 0 Å². The molecular formula is C20H30INO4. The van der Waals surface area contributed by atoms with Gasteiger partial charge in [-0.05, 0) is 35.2 Å². The summed E-state index contributed by atoms with van der Waals surface area (Å²) in [6.07, 6.45) is 1.31. The van der Waals surface area contributed by atoms with Crippen LogP contribution in [0.15, 0.2) is 30.3 Å². The molecule has 1 rings (SSSR count). The molecule has 0 spiro atoms. The van der Waals surface area contributed by atoms with Crippen LogP contribution in [0, 0.1) is 5.41 Å². The lowest BCUT2D eigenvalue weighted by Gasteiger charge is -2.37. The molecule has 0 fully saturated rings. The Morgan fingerprint density at radius 1 is 1.12 bits per heavy atom. The zero-order valence-corrected chi connectivity index (χ0v) is 18.3. The molecule has 0 saturated carbocycles. The fourth-order valence-corrected chi connectivity index (χ4v) is 3.21. The summed E-state index contributed by atoms with van der Waals surface area (Å²) < 4.78 is 11.7. The number of nitrogens with zero attached hydrogens (tertiary/aromatic N) is 1. The third-order valence-electron chi connectivity index (χ3n) is 3.86.